The van der Waals surface area contributed by atoms with E-state index in [1.54, 1.807) is 6.92 Å². The molecule has 2 aliphatic heterocycles. The summed E-state index contributed by atoms with van der Waals surface area (Å²) in [5.74, 6) is -0.588. The van der Waals surface area contributed by atoms with Gasteiger partial charge in [0.05, 0.1) is 12.5 Å². The van der Waals surface area contributed by atoms with Crippen LogP contribution in [0.3, 0.4) is 0 Å². The first-order valence-electron chi connectivity index (χ1n) is 6.97. The van der Waals surface area contributed by atoms with Gasteiger partial charge >= 0.3 is 5.97 Å². The molecule has 2 rings (SSSR count). The maximum absolute atomic E-state index is 12.4. The number of piperidine rings is 1. The van der Waals surface area contributed by atoms with Gasteiger partial charge in [-0.1, -0.05) is 0 Å². The first kappa shape index (κ1) is 14.7. The third-order valence-electron chi connectivity index (χ3n) is 3.72. The topological polar surface area (TPSA) is 66.9 Å². The molecule has 110 valence electrons. The summed E-state index contributed by atoms with van der Waals surface area (Å²) in [4.78, 5) is 11.7. The summed E-state index contributed by atoms with van der Waals surface area (Å²) in [5.41, 5.74) is 0. The Labute approximate surface area is 114 Å². The van der Waals surface area contributed by atoms with Crippen LogP contribution in [-0.4, -0.2) is 55.8 Å². The largest absolute Gasteiger partial charge is 0.466 e. The molecular weight excluding hydrogens is 268 g/mol. The van der Waals surface area contributed by atoms with Gasteiger partial charge in [0.25, 0.3) is 10.2 Å². The lowest BCUT2D eigenvalue weighted by Crippen LogP contribution is -2.48. The lowest BCUT2D eigenvalue weighted by Gasteiger charge is -2.33. The van der Waals surface area contributed by atoms with E-state index in [-0.39, 0.29) is 18.4 Å². The van der Waals surface area contributed by atoms with Crippen molar-refractivity contribution in [2.24, 2.45) is 5.92 Å². The first-order valence-corrected chi connectivity index (χ1v) is 8.37. The molecule has 19 heavy (non-hydrogen) atoms. The summed E-state index contributed by atoms with van der Waals surface area (Å²) < 4.78 is 32.8. The lowest BCUT2D eigenvalue weighted by atomic mass is 10.0. The molecule has 2 fully saturated rings. The maximum atomic E-state index is 12.4. The van der Waals surface area contributed by atoms with Crippen molar-refractivity contribution >= 4 is 16.2 Å². The minimum absolute atomic E-state index is 0.262. The number of ether oxygens (including phenoxy) is 1. The fourth-order valence-corrected chi connectivity index (χ4v) is 4.46. The monoisotopic (exact) mass is 290 g/mol. The van der Waals surface area contributed by atoms with E-state index in [1.807, 2.05) is 0 Å². The molecule has 0 aromatic heterocycles. The van der Waals surface area contributed by atoms with Crippen LogP contribution in [0.25, 0.3) is 0 Å². The summed E-state index contributed by atoms with van der Waals surface area (Å²) in [6.45, 7) is 4.08. The number of hydrogen-bond donors (Lipinski definition) is 0. The van der Waals surface area contributed by atoms with Crippen LogP contribution < -0.4 is 0 Å². The molecule has 6 nitrogen and oxygen atoms in total. The van der Waals surface area contributed by atoms with Gasteiger partial charge in [-0.15, -0.1) is 0 Å². The summed E-state index contributed by atoms with van der Waals surface area (Å²) in [6.07, 6.45) is 3.28. The van der Waals surface area contributed by atoms with Gasteiger partial charge < -0.3 is 4.74 Å². The highest BCUT2D eigenvalue weighted by molar-refractivity contribution is 7.86. The van der Waals surface area contributed by atoms with Gasteiger partial charge in [-0.3, -0.25) is 4.79 Å². The zero-order valence-corrected chi connectivity index (χ0v) is 12.2. The molecule has 2 saturated heterocycles. The number of carbonyl (C=O) groups is 1. The molecule has 1 atom stereocenters. The van der Waals surface area contributed by atoms with Crippen LogP contribution in [0.5, 0.6) is 0 Å². The zero-order valence-electron chi connectivity index (χ0n) is 11.4. The smallest absolute Gasteiger partial charge is 0.310 e. The molecule has 0 aliphatic carbocycles. The van der Waals surface area contributed by atoms with Crippen molar-refractivity contribution in [3.63, 3.8) is 0 Å². The summed E-state index contributed by atoms with van der Waals surface area (Å²) in [7, 11) is -3.38. The van der Waals surface area contributed by atoms with Gasteiger partial charge in [-0.25, -0.2) is 0 Å². The quantitative estimate of drug-likeness (QED) is 0.711. The molecule has 0 spiro atoms. The van der Waals surface area contributed by atoms with Gasteiger partial charge in [0.15, 0.2) is 0 Å². The third-order valence-corrected chi connectivity index (χ3v) is 5.72. The molecule has 0 aromatic carbocycles. The molecule has 0 radical (unpaired) electrons. The second-order valence-electron chi connectivity index (χ2n) is 5.06. The van der Waals surface area contributed by atoms with Gasteiger partial charge in [0.2, 0.25) is 0 Å². The van der Waals surface area contributed by atoms with Crippen LogP contribution in [0.4, 0.5) is 0 Å². The number of hydrogen-bond acceptors (Lipinski definition) is 4. The lowest BCUT2D eigenvalue weighted by molar-refractivity contribution is -0.149. The predicted molar refractivity (Wildman–Crippen MR) is 70.7 cm³/mol. The fourth-order valence-electron chi connectivity index (χ4n) is 2.69. The fraction of sp³-hybridized carbons (Fsp3) is 0.917. The molecule has 2 aliphatic rings. The Morgan fingerprint density at radius 2 is 1.79 bits per heavy atom. The molecule has 0 saturated carbocycles. The molecule has 2 heterocycles. The van der Waals surface area contributed by atoms with E-state index in [2.05, 4.69) is 0 Å². The summed E-state index contributed by atoms with van der Waals surface area (Å²) >= 11 is 0. The van der Waals surface area contributed by atoms with Crippen LogP contribution in [0.1, 0.15) is 32.6 Å². The SMILES string of the molecule is CCOC(=O)C1CCCN(S(=O)(=O)N2CCCC2)C1. The third kappa shape index (κ3) is 3.27. The second-order valence-corrected chi connectivity index (χ2v) is 6.99. The van der Waals surface area contributed by atoms with Crippen LogP contribution in [-0.2, 0) is 19.7 Å². The molecular formula is C12H22N2O4S. The van der Waals surface area contributed by atoms with Crippen LogP contribution in [0.2, 0.25) is 0 Å². The number of carbonyl (C=O) groups excluding carboxylic acids is 1. The standard InChI is InChI=1S/C12H22N2O4S/c1-2-18-12(15)11-6-5-9-14(10-11)19(16,17)13-7-3-4-8-13/h11H,2-10H2,1H3. The van der Waals surface area contributed by atoms with Crippen LogP contribution >= 0.6 is 0 Å². The number of rotatable bonds is 4. The molecule has 1 unspecified atom stereocenters. The average molecular weight is 290 g/mol. The Morgan fingerprint density at radius 1 is 1.16 bits per heavy atom. The Bertz CT molecular complexity index is 417. The van der Waals surface area contributed by atoms with Crippen molar-refractivity contribution in [3.8, 4) is 0 Å². The minimum Gasteiger partial charge on any atom is -0.466 e. The van der Waals surface area contributed by atoms with Crippen molar-refractivity contribution in [1.82, 2.24) is 8.61 Å². The molecule has 7 heteroatoms. The number of nitrogens with zero attached hydrogens (tertiary/aromatic N) is 2. The van der Waals surface area contributed by atoms with E-state index in [1.165, 1.54) is 8.61 Å². The van der Waals surface area contributed by atoms with E-state index in [0.29, 0.717) is 32.7 Å². The van der Waals surface area contributed by atoms with Gasteiger partial charge in [0.1, 0.15) is 0 Å². The van der Waals surface area contributed by atoms with Crippen LogP contribution in [0, 0.1) is 5.92 Å². The Balaban J connectivity index is 2.02. The van der Waals surface area contributed by atoms with Crippen molar-refractivity contribution in [3.05, 3.63) is 0 Å². The molecule has 0 amide bonds. The maximum Gasteiger partial charge on any atom is 0.310 e. The first-order chi connectivity index (χ1) is 9.05. The molecule has 0 bridgehead atoms. The Kier molecular flexibility index (Phi) is 4.81. The van der Waals surface area contributed by atoms with E-state index < -0.39 is 10.2 Å². The second kappa shape index (κ2) is 6.19. The summed E-state index contributed by atoms with van der Waals surface area (Å²) in [5, 5.41) is 0. The predicted octanol–water partition coefficient (Wildman–Crippen LogP) is 0.602. The highest BCUT2D eigenvalue weighted by Gasteiger charge is 2.37. The van der Waals surface area contributed by atoms with Crippen molar-refractivity contribution in [2.75, 3.05) is 32.8 Å². The minimum atomic E-state index is -3.38. The van der Waals surface area contributed by atoms with Crippen molar-refractivity contribution in [2.45, 2.75) is 32.6 Å². The van der Waals surface area contributed by atoms with Gasteiger partial charge in [-0.2, -0.15) is 17.0 Å². The van der Waals surface area contributed by atoms with Crippen LogP contribution in [0.15, 0.2) is 0 Å². The Morgan fingerprint density at radius 3 is 2.42 bits per heavy atom. The van der Waals surface area contributed by atoms with E-state index in [4.69, 9.17) is 4.74 Å². The van der Waals surface area contributed by atoms with E-state index in [9.17, 15) is 13.2 Å². The molecule has 0 aromatic rings. The summed E-state index contributed by atoms with van der Waals surface area (Å²) in [6, 6.07) is 0. The molecule has 0 N–H and O–H groups in total. The normalized spacial score (nSPS) is 26.5. The van der Waals surface area contributed by atoms with Crippen molar-refractivity contribution in [1.29, 1.82) is 0 Å². The zero-order chi connectivity index (χ0) is 13.9. The van der Waals surface area contributed by atoms with Gasteiger partial charge in [-0.05, 0) is 32.6 Å². The van der Waals surface area contributed by atoms with E-state index in [0.717, 1.165) is 19.3 Å². The van der Waals surface area contributed by atoms with Gasteiger partial charge in [0, 0.05) is 26.2 Å². The average Bonchev–Trinajstić information content (AvgIpc) is 2.94. The van der Waals surface area contributed by atoms with E-state index >= 15 is 0 Å². The van der Waals surface area contributed by atoms with Crippen molar-refractivity contribution < 1.29 is 17.9 Å². The highest BCUT2D eigenvalue weighted by Crippen LogP contribution is 2.24. The number of esters is 1. The Hall–Kier alpha value is -0.660. The highest BCUT2D eigenvalue weighted by atomic mass is 32.2.